The second kappa shape index (κ2) is 18.1. The summed E-state index contributed by atoms with van der Waals surface area (Å²) >= 11 is 0. The second-order valence-corrected chi connectivity index (χ2v) is 15.9. The standard InChI is InChI=1S/C45H53N9O6/c1-27(2)38(50-44(57)59-5)42(55)53-22-10-13-36(53)40-46-23-34(48-40)31-18-14-29(15-19-31)30-16-20-32(21-17-30)35-24-47-41(49-35)37-25-52(33-11-8-7-9-12-33)26-54(37)43(56)39(28(3)4)51-45(58)60-6/h7-9,11-12,14-21,23-24,27-28,36-39H,10,13,22,25-26H2,1-6H3,(H,46,48)(H,47,49)(H,50,57)(H,51,58)/t36-,37-,38-,39-/m0/s1. The van der Waals surface area contributed by atoms with E-state index >= 15 is 0 Å². The number of para-hydroxylation sites is 1. The fourth-order valence-corrected chi connectivity index (χ4v) is 7.99. The van der Waals surface area contributed by atoms with E-state index in [-0.39, 0.29) is 35.7 Å². The van der Waals surface area contributed by atoms with E-state index in [1.54, 1.807) is 22.2 Å². The molecule has 0 aliphatic carbocycles. The zero-order chi connectivity index (χ0) is 42.5. The Morgan fingerprint density at radius 1 is 0.650 bits per heavy atom. The van der Waals surface area contributed by atoms with Crippen molar-refractivity contribution in [3.63, 3.8) is 0 Å². The van der Waals surface area contributed by atoms with Gasteiger partial charge in [-0.15, -0.1) is 0 Å². The fraction of sp³-hybridized carbons (Fsp3) is 0.378. The average molecular weight is 816 g/mol. The van der Waals surface area contributed by atoms with Gasteiger partial charge in [0.05, 0.1) is 50.7 Å². The largest absolute Gasteiger partial charge is 0.453 e. The highest BCUT2D eigenvalue weighted by molar-refractivity contribution is 5.87. The predicted molar refractivity (Wildman–Crippen MR) is 227 cm³/mol. The first-order valence-electron chi connectivity index (χ1n) is 20.4. The molecule has 2 aromatic heterocycles. The third kappa shape index (κ3) is 8.84. The van der Waals surface area contributed by atoms with Gasteiger partial charge in [-0.25, -0.2) is 19.6 Å². The van der Waals surface area contributed by atoms with Gasteiger partial charge in [-0.1, -0.05) is 94.4 Å². The molecule has 2 fully saturated rings. The Morgan fingerprint density at radius 3 is 1.60 bits per heavy atom. The monoisotopic (exact) mass is 815 g/mol. The Bertz CT molecular complexity index is 2270. The van der Waals surface area contributed by atoms with Crippen LogP contribution in [-0.2, 0) is 19.1 Å². The third-order valence-electron chi connectivity index (χ3n) is 11.4. The number of carbonyl (C=O) groups excluding carboxylic acids is 4. The topological polar surface area (TPSA) is 178 Å². The van der Waals surface area contributed by atoms with Crippen molar-refractivity contribution in [3.8, 4) is 33.6 Å². The fourth-order valence-electron chi connectivity index (χ4n) is 7.99. The smallest absolute Gasteiger partial charge is 0.407 e. The molecule has 5 aromatic rings. The summed E-state index contributed by atoms with van der Waals surface area (Å²) in [4.78, 5) is 73.9. The molecule has 2 aliphatic heterocycles. The number of nitrogens with zero attached hydrogens (tertiary/aromatic N) is 5. The van der Waals surface area contributed by atoms with Gasteiger partial charge in [0.1, 0.15) is 29.8 Å². The minimum atomic E-state index is -0.773. The molecular weight excluding hydrogens is 763 g/mol. The lowest BCUT2D eigenvalue weighted by atomic mass is 10.0. The number of methoxy groups -OCH3 is 2. The van der Waals surface area contributed by atoms with E-state index in [0.717, 1.165) is 52.2 Å². The number of benzene rings is 3. The molecule has 3 aromatic carbocycles. The molecule has 2 aliphatic rings. The summed E-state index contributed by atoms with van der Waals surface area (Å²) in [6.07, 6.45) is 3.93. The van der Waals surface area contributed by atoms with Crippen molar-refractivity contribution < 1.29 is 28.7 Å². The molecule has 4 atom stereocenters. The third-order valence-corrected chi connectivity index (χ3v) is 11.4. The molecule has 7 rings (SSSR count). The van der Waals surface area contributed by atoms with Crippen LogP contribution in [0.15, 0.2) is 91.3 Å². The molecule has 4 amide bonds. The minimum absolute atomic E-state index is 0.111. The van der Waals surface area contributed by atoms with Gasteiger partial charge in [-0.2, -0.15) is 0 Å². The summed E-state index contributed by atoms with van der Waals surface area (Å²) < 4.78 is 9.59. The van der Waals surface area contributed by atoms with Gasteiger partial charge in [0.25, 0.3) is 0 Å². The predicted octanol–water partition coefficient (Wildman–Crippen LogP) is 6.91. The number of alkyl carbamates (subject to hydrolysis) is 2. The van der Waals surface area contributed by atoms with Gasteiger partial charge in [-0.3, -0.25) is 9.59 Å². The van der Waals surface area contributed by atoms with Crippen LogP contribution in [0.4, 0.5) is 15.3 Å². The van der Waals surface area contributed by atoms with Crippen molar-refractivity contribution in [2.24, 2.45) is 11.8 Å². The molecule has 2 saturated heterocycles. The van der Waals surface area contributed by atoms with Crippen LogP contribution in [0.25, 0.3) is 33.6 Å². The van der Waals surface area contributed by atoms with E-state index in [0.29, 0.717) is 31.4 Å². The Kier molecular flexibility index (Phi) is 12.5. The number of aromatic amines is 2. The molecule has 0 unspecified atom stereocenters. The van der Waals surface area contributed by atoms with Crippen molar-refractivity contribution >= 4 is 29.7 Å². The number of rotatable bonds is 12. The Balaban J connectivity index is 1.04. The van der Waals surface area contributed by atoms with Crippen molar-refractivity contribution in [2.75, 3.05) is 38.9 Å². The molecule has 0 bridgehead atoms. The van der Waals surface area contributed by atoms with E-state index in [4.69, 9.17) is 14.5 Å². The van der Waals surface area contributed by atoms with Crippen molar-refractivity contribution in [1.82, 2.24) is 40.4 Å². The molecule has 60 heavy (non-hydrogen) atoms. The van der Waals surface area contributed by atoms with Gasteiger partial charge in [0, 0.05) is 18.8 Å². The normalized spacial score (nSPS) is 17.5. The lowest BCUT2D eigenvalue weighted by Crippen LogP contribution is -2.51. The number of likely N-dealkylation sites (tertiary alicyclic amines) is 1. The number of anilines is 1. The quantitative estimate of drug-likeness (QED) is 0.104. The van der Waals surface area contributed by atoms with E-state index in [1.165, 1.54) is 14.2 Å². The van der Waals surface area contributed by atoms with Crippen molar-refractivity contribution in [2.45, 2.75) is 64.7 Å². The van der Waals surface area contributed by atoms with E-state index in [2.05, 4.69) is 54.8 Å². The van der Waals surface area contributed by atoms with Gasteiger partial charge < -0.3 is 44.8 Å². The number of carbonyl (C=O) groups is 4. The number of imidazole rings is 2. The lowest BCUT2D eigenvalue weighted by molar-refractivity contribution is -0.136. The van der Waals surface area contributed by atoms with Gasteiger partial charge >= 0.3 is 12.2 Å². The number of H-pyrrole nitrogens is 2. The molecule has 15 heteroatoms. The molecule has 4 heterocycles. The number of nitrogens with one attached hydrogen (secondary N) is 4. The van der Waals surface area contributed by atoms with Crippen LogP contribution < -0.4 is 15.5 Å². The first-order valence-corrected chi connectivity index (χ1v) is 20.4. The molecule has 314 valence electrons. The van der Waals surface area contributed by atoms with Crippen molar-refractivity contribution in [1.29, 1.82) is 0 Å². The Morgan fingerprint density at radius 2 is 1.12 bits per heavy atom. The van der Waals surface area contributed by atoms with Gasteiger partial charge in [0.2, 0.25) is 11.8 Å². The first kappa shape index (κ1) is 41.5. The van der Waals surface area contributed by atoms with Crippen LogP contribution >= 0.6 is 0 Å². The Labute approximate surface area is 349 Å². The zero-order valence-corrected chi connectivity index (χ0v) is 34.8. The molecule has 0 radical (unpaired) electrons. The highest BCUT2D eigenvalue weighted by Crippen LogP contribution is 2.35. The Hall–Kier alpha value is -6.64. The van der Waals surface area contributed by atoms with Gasteiger partial charge in [-0.05, 0) is 59.1 Å². The van der Waals surface area contributed by atoms with Crippen LogP contribution in [0.1, 0.15) is 64.3 Å². The van der Waals surface area contributed by atoms with Crippen LogP contribution in [0, 0.1) is 11.8 Å². The molecule has 0 saturated carbocycles. The number of aromatic nitrogens is 4. The number of hydrogen-bond acceptors (Lipinski definition) is 9. The summed E-state index contributed by atoms with van der Waals surface area (Å²) in [6, 6.07) is 24.3. The van der Waals surface area contributed by atoms with Crippen molar-refractivity contribution in [3.05, 3.63) is 103 Å². The number of amides is 4. The number of ether oxygens (including phenoxy) is 2. The van der Waals surface area contributed by atoms with Gasteiger partial charge in [0.15, 0.2) is 0 Å². The van der Waals surface area contributed by atoms with E-state index < -0.39 is 24.3 Å². The maximum absolute atomic E-state index is 14.1. The van der Waals surface area contributed by atoms with Crippen LogP contribution in [0.2, 0.25) is 0 Å². The summed E-state index contributed by atoms with van der Waals surface area (Å²) in [5, 5.41) is 5.42. The van der Waals surface area contributed by atoms with E-state index in [9.17, 15) is 19.2 Å². The van der Waals surface area contributed by atoms with Crippen LogP contribution in [0.3, 0.4) is 0 Å². The average Bonchev–Trinajstić information content (AvgIpc) is 4.11. The molecule has 15 nitrogen and oxygen atoms in total. The SMILES string of the molecule is COC(=O)N[C@H](C(=O)N1CCC[C@H]1c1ncc(-c2ccc(-c3ccc(-c4cnc([C@@H]5CN(c6ccccc6)CN5C(=O)[C@@H](NC(=O)OC)C(C)C)[nH]4)cc3)cc2)[nH]1)C(C)C. The van der Waals surface area contributed by atoms with Crippen LogP contribution in [-0.4, -0.2) is 99.8 Å². The lowest BCUT2D eigenvalue weighted by Gasteiger charge is -2.30. The molecule has 0 spiro atoms. The maximum atomic E-state index is 14.1. The van der Waals surface area contributed by atoms with E-state index in [1.807, 2.05) is 82.3 Å². The molecular formula is C45H53N9O6. The highest BCUT2D eigenvalue weighted by Gasteiger charge is 2.41. The van der Waals surface area contributed by atoms with Crippen LogP contribution in [0.5, 0.6) is 0 Å². The minimum Gasteiger partial charge on any atom is -0.453 e. The summed E-state index contributed by atoms with van der Waals surface area (Å²) in [7, 11) is 2.57. The summed E-state index contributed by atoms with van der Waals surface area (Å²) in [5.74, 6) is 0.736. The zero-order valence-electron chi connectivity index (χ0n) is 34.8. The summed E-state index contributed by atoms with van der Waals surface area (Å²) in [6.45, 7) is 9.03. The number of hydrogen-bond donors (Lipinski definition) is 4. The maximum Gasteiger partial charge on any atom is 0.407 e. The highest BCUT2D eigenvalue weighted by atomic mass is 16.5. The summed E-state index contributed by atoms with van der Waals surface area (Å²) in [5.41, 5.74) is 6.66. The molecule has 4 N–H and O–H groups in total. The first-order chi connectivity index (χ1) is 28.9. The second-order valence-electron chi connectivity index (χ2n) is 15.9.